The summed E-state index contributed by atoms with van der Waals surface area (Å²) in [7, 11) is 3.39. The summed E-state index contributed by atoms with van der Waals surface area (Å²) in [5.41, 5.74) is -0.217. The first-order chi connectivity index (χ1) is 9.52. The van der Waals surface area contributed by atoms with Gasteiger partial charge < -0.3 is 20.9 Å². The van der Waals surface area contributed by atoms with E-state index in [0.29, 0.717) is 13.1 Å². The van der Waals surface area contributed by atoms with E-state index in [4.69, 9.17) is 0 Å². The van der Waals surface area contributed by atoms with Gasteiger partial charge in [0.05, 0.1) is 5.41 Å². The smallest absolute Gasteiger partial charge is 0.316 e. The zero-order valence-electron chi connectivity index (χ0n) is 12.9. The fourth-order valence-corrected chi connectivity index (χ4v) is 2.67. The fraction of sp³-hybridized carbons (Fsp3) is 0.857. The van der Waals surface area contributed by atoms with E-state index in [1.807, 2.05) is 0 Å². The Morgan fingerprint density at radius 3 is 2.30 bits per heavy atom. The Morgan fingerprint density at radius 1 is 1.15 bits per heavy atom. The highest BCUT2D eigenvalue weighted by molar-refractivity contribution is 5.82. The topological polar surface area (TPSA) is 73.5 Å². The third-order valence-electron chi connectivity index (χ3n) is 3.86. The van der Waals surface area contributed by atoms with Crippen LogP contribution in [0.2, 0.25) is 0 Å². The molecular formula is C14H28N4O2. The van der Waals surface area contributed by atoms with E-state index in [0.717, 1.165) is 38.8 Å². The second-order valence-corrected chi connectivity index (χ2v) is 5.66. The lowest BCUT2D eigenvalue weighted by molar-refractivity contribution is -0.133. The van der Waals surface area contributed by atoms with Crippen LogP contribution in [-0.2, 0) is 4.79 Å². The molecule has 0 spiro atoms. The summed E-state index contributed by atoms with van der Waals surface area (Å²) in [6, 6.07) is -0.135. The molecule has 0 aromatic rings. The molecule has 1 saturated heterocycles. The molecule has 0 radical (unpaired) electrons. The SMILES string of the molecule is CCCC1(C(=O)NCCNC(=O)N(C)C)CCNCC1. The van der Waals surface area contributed by atoms with Gasteiger partial charge >= 0.3 is 6.03 Å². The summed E-state index contributed by atoms with van der Waals surface area (Å²) >= 11 is 0. The maximum Gasteiger partial charge on any atom is 0.316 e. The molecule has 0 saturated carbocycles. The summed E-state index contributed by atoms with van der Waals surface area (Å²) in [5.74, 6) is 0.139. The lowest BCUT2D eigenvalue weighted by atomic mass is 9.74. The van der Waals surface area contributed by atoms with Crippen molar-refractivity contribution in [2.45, 2.75) is 32.6 Å². The van der Waals surface area contributed by atoms with Gasteiger partial charge in [0.2, 0.25) is 5.91 Å². The second-order valence-electron chi connectivity index (χ2n) is 5.66. The third kappa shape index (κ3) is 4.67. The van der Waals surface area contributed by atoms with Crippen molar-refractivity contribution in [2.75, 3.05) is 40.3 Å². The minimum absolute atomic E-state index is 0.135. The van der Waals surface area contributed by atoms with E-state index in [2.05, 4.69) is 22.9 Å². The molecule has 0 aromatic heterocycles. The van der Waals surface area contributed by atoms with Crippen LogP contribution < -0.4 is 16.0 Å². The van der Waals surface area contributed by atoms with Gasteiger partial charge in [0.25, 0.3) is 0 Å². The van der Waals surface area contributed by atoms with Gasteiger partial charge in [-0.3, -0.25) is 4.79 Å². The van der Waals surface area contributed by atoms with Crippen LogP contribution in [0.3, 0.4) is 0 Å². The quantitative estimate of drug-likeness (QED) is 0.623. The fourth-order valence-electron chi connectivity index (χ4n) is 2.67. The molecule has 0 aliphatic carbocycles. The molecule has 1 aliphatic rings. The zero-order valence-corrected chi connectivity index (χ0v) is 12.9. The Hall–Kier alpha value is -1.30. The molecule has 3 N–H and O–H groups in total. The van der Waals surface area contributed by atoms with Crippen LogP contribution in [-0.4, -0.2) is 57.1 Å². The van der Waals surface area contributed by atoms with Crippen LogP contribution in [0, 0.1) is 5.41 Å². The molecule has 0 bridgehead atoms. The van der Waals surface area contributed by atoms with Gasteiger partial charge in [-0.15, -0.1) is 0 Å². The Morgan fingerprint density at radius 2 is 1.75 bits per heavy atom. The number of nitrogens with zero attached hydrogens (tertiary/aromatic N) is 1. The maximum atomic E-state index is 12.4. The molecule has 0 aromatic carbocycles. The van der Waals surface area contributed by atoms with Crippen molar-refractivity contribution in [3.63, 3.8) is 0 Å². The van der Waals surface area contributed by atoms with Gasteiger partial charge in [0.1, 0.15) is 0 Å². The average molecular weight is 284 g/mol. The minimum atomic E-state index is -0.217. The molecule has 0 unspecified atom stereocenters. The summed E-state index contributed by atoms with van der Waals surface area (Å²) in [6.45, 7) is 4.88. The Labute approximate surface area is 121 Å². The lowest BCUT2D eigenvalue weighted by Gasteiger charge is -2.36. The van der Waals surface area contributed by atoms with Crippen molar-refractivity contribution in [1.82, 2.24) is 20.9 Å². The Kier molecular flexibility index (Phi) is 6.78. The number of piperidine rings is 1. The van der Waals surface area contributed by atoms with Crippen molar-refractivity contribution >= 4 is 11.9 Å². The summed E-state index contributed by atoms with van der Waals surface area (Å²) in [6.07, 6.45) is 3.75. The predicted octanol–water partition coefficient (Wildman–Crippen LogP) is 0.544. The highest BCUT2D eigenvalue weighted by atomic mass is 16.2. The van der Waals surface area contributed by atoms with Gasteiger partial charge in [0.15, 0.2) is 0 Å². The monoisotopic (exact) mass is 284 g/mol. The summed E-state index contributed by atoms with van der Waals surface area (Å²) in [5, 5.41) is 9.02. The highest BCUT2D eigenvalue weighted by Gasteiger charge is 2.38. The van der Waals surface area contributed by atoms with E-state index in [9.17, 15) is 9.59 Å². The first-order valence-corrected chi connectivity index (χ1v) is 7.46. The minimum Gasteiger partial charge on any atom is -0.354 e. The number of rotatable bonds is 6. The molecule has 3 amide bonds. The maximum absolute atomic E-state index is 12.4. The number of hydrogen-bond acceptors (Lipinski definition) is 3. The zero-order chi connectivity index (χ0) is 15.0. The van der Waals surface area contributed by atoms with Crippen LogP contribution in [0.15, 0.2) is 0 Å². The van der Waals surface area contributed by atoms with Crippen molar-refractivity contribution < 1.29 is 9.59 Å². The molecule has 1 heterocycles. The van der Waals surface area contributed by atoms with Gasteiger partial charge in [-0.05, 0) is 32.4 Å². The normalized spacial score (nSPS) is 17.4. The van der Waals surface area contributed by atoms with E-state index in [-0.39, 0.29) is 17.4 Å². The summed E-state index contributed by atoms with van der Waals surface area (Å²) < 4.78 is 0. The van der Waals surface area contributed by atoms with Crippen molar-refractivity contribution in [3.05, 3.63) is 0 Å². The molecule has 6 nitrogen and oxygen atoms in total. The molecule has 116 valence electrons. The van der Waals surface area contributed by atoms with Crippen LogP contribution in [0.1, 0.15) is 32.6 Å². The van der Waals surface area contributed by atoms with Crippen molar-refractivity contribution in [3.8, 4) is 0 Å². The number of urea groups is 1. The number of carbonyl (C=O) groups excluding carboxylic acids is 2. The predicted molar refractivity (Wildman–Crippen MR) is 79.5 cm³/mol. The van der Waals surface area contributed by atoms with Crippen LogP contribution in [0.25, 0.3) is 0 Å². The van der Waals surface area contributed by atoms with Crippen molar-refractivity contribution in [2.24, 2.45) is 5.41 Å². The van der Waals surface area contributed by atoms with Crippen LogP contribution in [0.5, 0.6) is 0 Å². The summed E-state index contributed by atoms with van der Waals surface area (Å²) in [4.78, 5) is 25.3. The van der Waals surface area contributed by atoms with Crippen LogP contribution in [0.4, 0.5) is 4.79 Å². The molecule has 1 aliphatic heterocycles. The number of hydrogen-bond donors (Lipinski definition) is 3. The Balaban J connectivity index is 2.37. The first kappa shape index (κ1) is 16.8. The molecule has 1 rings (SSSR count). The Bertz CT molecular complexity index is 320. The van der Waals surface area contributed by atoms with Gasteiger partial charge in [-0.2, -0.15) is 0 Å². The molecule has 0 atom stereocenters. The van der Waals surface area contributed by atoms with Gasteiger partial charge in [0, 0.05) is 27.2 Å². The van der Waals surface area contributed by atoms with Crippen molar-refractivity contribution in [1.29, 1.82) is 0 Å². The van der Waals surface area contributed by atoms with E-state index in [1.165, 1.54) is 4.90 Å². The van der Waals surface area contributed by atoms with Gasteiger partial charge in [-0.1, -0.05) is 13.3 Å². The van der Waals surface area contributed by atoms with E-state index in [1.54, 1.807) is 14.1 Å². The molecule has 1 fully saturated rings. The largest absolute Gasteiger partial charge is 0.354 e. The third-order valence-corrected chi connectivity index (χ3v) is 3.86. The molecular weight excluding hydrogens is 256 g/mol. The lowest BCUT2D eigenvalue weighted by Crippen LogP contribution is -2.49. The van der Waals surface area contributed by atoms with Gasteiger partial charge in [-0.25, -0.2) is 4.79 Å². The highest BCUT2D eigenvalue weighted by Crippen LogP contribution is 2.34. The average Bonchev–Trinajstić information content (AvgIpc) is 2.44. The van der Waals surface area contributed by atoms with E-state index >= 15 is 0 Å². The molecule has 20 heavy (non-hydrogen) atoms. The first-order valence-electron chi connectivity index (χ1n) is 7.46. The van der Waals surface area contributed by atoms with Crippen LogP contribution >= 0.6 is 0 Å². The second kappa shape index (κ2) is 8.09. The number of nitrogens with one attached hydrogen (secondary N) is 3. The number of amides is 3. The standard InChI is InChI=1S/C14H28N4O2/c1-4-5-14(6-8-15-9-7-14)12(19)16-10-11-17-13(20)18(2)3/h15H,4-11H2,1-3H3,(H,16,19)(H,17,20). The van der Waals surface area contributed by atoms with E-state index < -0.39 is 0 Å². The number of carbonyl (C=O) groups is 2. The molecule has 6 heteroatoms.